The Hall–Kier alpha value is -1.59. The van der Waals surface area contributed by atoms with Crippen molar-refractivity contribution in [3.05, 3.63) is 35.9 Å². The minimum atomic E-state index is 1.04. The Bertz CT molecular complexity index is 680. The first kappa shape index (κ1) is 14.0. The summed E-state index contributed by atoms with van der Waals surface area (Å²) in [6.07, 6.45) is 1.06. The Kier molecular flexibility index (Phi) is 3.76. The molecule has 22 heavy (non-hydrogen) atoms. The molecule has 1 saturated heterocycles. The topological polar surface area (TPSA) is 32.3 Å². The van der Waals surface area contributed by atoms with Crippen molar-refractivity contribution in [1.82, 2.24) is 15.1 Å². The maximum atomic E-state index is 4.60. The van der Waals surface area contributed by atoms with Gasteiger partial charge in [0.2, 0.25) is 0 Å². The van der Waals surface area contributed by atoms with Crippen molar-refractivity contribution in [1.29, 1.82) is 0 Å². The minimum Gasteiger partial charge on any atom is -0.353 e. The summed E-state index contributed by atoms with van der Waals surface area (Å²) in [5, 5.41) is 9.13. The molecular weight excluding hydrogens is 292 g/mol. The molecule has 114 valence electrons. The Morgan fingerprint density at radius 1 is 1.05 bits per heavy atom. The lowest BCUT2D eigenvalue weighted by atomic mass is 10.0. The first-order chi connectivity index (χ1) is 10.8. The number of benzene rings is 1. The number of fused-ring (bicyclic) bond motifs is 3. The highest BCUT2D eigenvalue weighted by Gasteiger charge is 2.20. The molecule has 4 nitrogen and oxygen atoms in total. The molecule has 0 bridgehead atoms. The van der Waals surface area contributed by atoms with E-state index >= 15 is 0 Å². The molecular formula is C17H20N4S. The quantitative estimate of drug-likeness (QED) is 0.808. The lowest BCUT2D eigenvalue weighted by Gasteiger charge is -2.33. The van der Waals surface area contributed by atoms with Crippen molar-refractivity contribution in [2.45, 2.75) is 11.3 Å². The SMILES string of the molecule is CN1CCN(c2cc3c(nn2)-c2ccccc2SCC3)CC1. The van der Waals surface area contributed by atoms with E-state index < -0.39 is 0 Å². The van der Waals surface area contributed by atoms with Gasteiger partial charge in [0.1, 0.15) is 0 Å². The number of likely N-dealkylation sites (N-methyl/N-ethyl adjacent to an activating group) is 1. The van der Waals surface area contributed by atoms with Crippen molar-refractivity contribution in [2.75, 3.05) is 43.9 Å². The zero-order valence-corrected chi connectivity index (χ0v) is 13.6. The van der Waals surface area contributed by atoms with Gasteiger partial charge in [0.15, 0.2) is 5.82 Å². The zero-order chi connectivity index (χ0) is 14.9. The summed E-state index contributed by atoms with van der Waals surface area (Å²) < 4.78 is 0. The van der Waals surface area contributed by atoms with E-state index in [0.29, 0.717) is 0 Å². The van der Waals surface area contributed by atoms with E-state index in [4.69, 9.17) is 0 Å². The summed E-state index contributed by atoms with van der Waals surface area (Å²) in [6.45, 7) is 4.26. The summed E-state index contributed by atoms with van der Waals surface area (Å²) in [4.78, 5) is 6.04. The number of hydrogen-bond donors (Lipinski definition) is 0. The van der Waals surface area contributed by atoms with Gasteiger partial charge in [-0.05, 0) is 31.2 Å². The van der Waals surface area contributed by atoms with Crippen LogP contribution in [0.4, 0.5) is 5.82 Å². The van der Waals surface area contributed by atoms with Gasteiger partial charge >= 0.3 is 0 Å². The third kappa shape index (κ3) is 2.59. The van der Waals surface area contributed by atoms with Crippen LogP contribution in [0, 0.1) is 0 Å². The monoisotopic (exact) mass is 312 g/mol. The van der Waals surface area contributed by atoms with Crippen LogP contribution in [0.25, 0.3) is 11.3 Å². The number of aryl methyl sites for hydroxylation is 1. The fourth-order valence-electron chi connectivity index (χ4n) is 3.09. The van der Waals surface area contributed by atoms with Gasteiger partial charge in [-0.3, -0.25) is 0 Å². The maximum absolute atomic E-state index is 4.60. The van der Waals surface area contributed by atoms with Crippen molar-refractivity contribution in [3.8, 4) is 11.3 Å². The van der Waals surface area contributed by atoms with Crippen LogP contribution in [0.3, 0.4) is 0 Å². The fraction of sp³-hybridized carbons (Fsp3) is 0.412. The van der Waals surface area contributed by atoms with E-state index in [-0.39, 0.29) is 0 Å². The first-order valence-electron chi connectivity index (χ1n) is 7.83. The zero-order valence-electron chi connectivity index (χ0n) is 12.8. The van der Waals surface area contributed by atoms with E-state index in [0.717, 1.165) is 49.9 Å². The smallest absolute Gasteiger partial charge is 0.151 e. The Balaban J connectivity index is 1.69. The maximum Gasteiger partial charge on any atom is 0.151 e. The molecule has 1 fully saturated rings. The molecule has 0 N–H and O–H groups in total. The summed E-state index contributed by atoms with van der Waals surface area (Å²) >= 11 is 1.92. The minimum absolute atomic E-state index is 1.04. The van der Waals surface area contributed by atoms with Crippen LogP contribution in [-0.4, -0.2) is 54.1 Å². The van der Waals surface area contributed by atoms with Crippen LogP contribution in [0.15, 0.2) is 35.2 Å². The standard InChI is InChI=1S/C17H20N4S/c1-20-7-9-21(10-8-20)16-12-13-6-11-22-15-5-3-2-4-14(15)17(13)19-18-16/h2-5,12H,6-11H2,1H3. The molecule has 5 heteroatoms. The molecule has 3 heterocycles. The van der Waals surface area contributed by atoms with Gasteiger partial charge in [-0.1, -0.05) is 18.2 Å². The molecule has 2 aliphatic heterocycles. The van der Waals surface area contributed by atoms with Gasteiger partial charge in [0.05, 0.1) is 5.69 Å². The van der Waals surface area contributed by atoms with Gasteiger partial charge in [-0.25, -0.2) is 0 Å². The molecule has 2 aromatic rings. The van der Waals surface area contributed by atoms with Crippen LogP contribution in [0.2, 0.25) is 0 Å². The number of hydrogen-bond acceptors (Lipinski definition) is 5. The number of anilines is 1. The second-order valence-corrected chi connectivity index (χ2v) is 7.10. The van der Waals surface area contributed by atoms with Gasteiger partial charge in [-0.2, -0.15) is 0 Å². The number of piperazine rings is 1. The molecule has 2 aliphatic rings. The Morgan fingerprint density at radius 2 is 1.86 bits per heavy atom. The molecule has 0 saturated carbocycles. The highest BCUT2D eigenvalue weighted by molar-refractivity contribution is 7.99. The molecule has 0 amide bonds. The molecule has 4 rings (SSSR count). The largest absolute Gasteiger partial charge is 0.353 e. The molecule has 0 spiro atoms. The van der Waals surface area contributed by atoms with Crippen LogP contribution >= 0.6 is 11.8 Å². The lowest BCUT2D eigenvalue weighted by molar-refractivity contribution is 0.312. The number of aromatic nitrogens is 2. The highest BCUT2D eigenvalue weighted by Crippen LogP contribution is 2.36. The second-order valence-electron chi connectivity index (χ2n) is 5.96. The lowest BCUT2D eigenvalue weighted by Crippen LogP contribution is -2.44. The van der Waals surface area contributed by atoms with Gasteiger partial charge in [0.25, 0.3) is 0 Å². The van der Waals surface area contributed by atoms with Gasteiger partial charge in [0, 0.05) is 42.4 Å². The number of rotatable bonds is 1. The molecule has 0 radical (unpaired) electrons. The van der Waals surface area contributed by atoms with E-state index in [2.05, 4.69) is 57.4 Å². The third-order valence-electron chi connectivity index (χ3n) is 4.46. The summed E-state index contributed by atoms with van der Waals surface area (Å²) in [7, 11) is 2.17. The summed E-state index contributed by atoms with van der Waals surface area (Å²) in [6, 6.07) is 10.8. The van der Waals surface area contributed by atoms with Crippen molar-refractivity contribution < 1.29 is 0 Å². The van der Waals surface area contributed by atoms with Crippen LogP contribution < -0.4 is 4.90 Å². The van der Waals surface area contributed by atoms with Crippen LogP contribution in [-0.2, 0) is 6.42 Å². The molecule has 0 atom stereocenters. The number of nitrogens with zero attached hydrogens (tertiary/aromatic N) is 4. The van der Waals surface area contributed by atoms with E-state index in [9.17, 15) is 0 Å². The predicted octanol–water partition coefficient (Wildman–Crippen LogP) is 2.54. The van der Waals surface area contributed by atoms with Crippen molar-refractivity contribution in [2.24, 2.45) is 0 Å². The normalized spacial score (nSPS) is 18.5. The summed E-state index contributed by atoms with van der Waals surface area (Å²) in [5.74, 6) is 2.15. The van der Waals surface area contributed by atoms with Crippen LogP contribution in [0.5, 0.6) is 0 Å². The van der Waals surface area contributed by atoms with Crippen LogP contribution in [0.1, 0.15) is 5.56 Å². The molecule has 0 aliphatic carbocycles. The first-order valence-corrected chi connectivity index (χ1v) is 8.82. The van der Waals surface area contributed by atoms with Crippen molar-refractivity contribution in [3.63, 3.8) is 0 Å². The number of thioether (sulfide) groups is 1. The fourth-order valence-corrected chi connectivity index (χ4v) is 4.12. The molecule has 1 aromatic carbocycles. The van der Waals surface area contributed by atoms with Crippen molar-refractivity contribution >= 4 is 17.6 Å². The van der Waals surface area contributed by atoms with Gasteiger partial charge in [-0.15, -0.1) is 22.0 Å². The Labute approximate surface area is 135 Å². The molecule has 0 unspecified atom stereocenters. The highest BCUT2D eigenvalue weighted by atomic mass is 32.2. The third-order valence-corrected chi connectivity index (χ3v) is 5.53. The van der Waals surface area contributed by atoms with Gasteiger partial charge < -0.3 is 9.80 Å². The Morgan fingerprint density at radius 3 is 2.73 bits per heavy atom. The average Bonchev–Trinajstić information content (AvgIpc) is 2.74. The van der Waals surface area contributed by atoms with E-state index in [1.165, 1.54) is 16.0 Å². The van der Waals surface area contributed by atoms with E-state index in [1.54, 1.807) is 0 Å². The second kappa shape index (κ2) is 5.89. The predicted molar refractivity (Wildman–Crippen MR) is 91.6 cm³/mol. The summed E-state index contributed by atoms with van der Waals surface area (Å²) in [5.41, 5.74) is 3.64. The molecule has 1 aromatic heterocycles. The average molecular weight is 312 g/mol. The van der Waals surface area contributed by atoms with E-state index in [1.807, 2.05) is 11.8 Å².